The summed E-state index contributed by atoms with van der Waals surface area (Å²) in [7, 11) is 0. The van der Waals surface area contributed by atoms with Crippen LogP contribution in [0.25, 0.3) is 0 Å². The second-order valence-electron chi connectivity index (χ2n) is 2.62. The SMILES string of the molecule is Cc1ccc(CCCBr)nc1. The minimum atomic E-state index is 1.06. The summed E-state index contributed by atoms with van der Waals surface area (Å²) in [4.78, 5) is 4.29. The molecule has 1 rings (SSSR count). The fraction of sp³-hybridized carbons (Fsp3) is 0.444. The molecule has 0 spiro atoms. The topological polar surface area (TPSA) is 12.9 Å². The lowest BCUT2D eigenvalue weighted by atomic mass is 10.2. The second kappa shape index (κ2) is 4.50. The van der Waals surface area contributed by atoms with Crippen LogP contribution >= 0.6 is 15.9 Å². The van der Waals surface area contributed by atoms with Crippen molar-refractivity contribution < 1.29 is 0 Å². The molecule has 0 fully saturated rings. The summed E-state index contributed by atoms with van der Waals surface area (Å²) >= 11 is 3.39. The highest BCUT2D eigenvalue weighted by Crippen LogP contribution is 2.02. The highest BCUT2D eigenvalue weighted by Gasteiger charge is 1.92. The highest BCUT2D eigenvalue weighted by molar-refractivity contribution is 9.09. The highest BCUT2D eigenvalue weighted by atomic mass is 79.9. The van der Waals surface area contributed by atoms with Crippen molar-refractivity contribution in [1.29, 1.82) is 0 Å². The van der Waals surface area contributed by atoms with Gasteiger partial charge in [-0.3, -0.25) is 4.98 Å². The van der Waals surface area contributed by atoms with Gasteiger partial charge in [-0.2, -0.15) is 0 Å². The van der Waals surface area contributed by atoms with Crippen LogP contribution in [0.1, 0.15) is 17.7 Å². The number of pyridine rings is 1. The molecule has 0 bridgehead atoms. The Hall–Kier alpha value is -0.370. The Kier molecular flexibility index (Phi) is 3.57. The Balaban J connectivity index is 2.52. The number of alkyl halides is 1. The van der Waals surface area contributed by atoms with Crippen LogP contribution in [0.4, 0.5) is 0 Å². The molecule has 0 aliphatic carbocycles. The van der Waals surface area contributed by atoms with Gasteiger partial charge < -0.3 is 0 Å². The number of hydrogen-bond acceptors (Lipinski definition) is 1. The maximum Gasteiger partial charge on any atom is 0.0404 e. The van der Waals surface area contributed by atoms with Gasteiger partial charge in [-0.05, 0) is 31.4 Å². The van der Waals surface area contributed by atoms with E-state index >= 15 is 0 Å². The van der Waals surface area contributed by atoms with Gasteiger partial charge in [-0.25, -0.2) is 0 Å². The van der Waals surface area contributed by atoms with Crippen LogP contribution in [0.15, 0.2) is 18.3 Å². The lowest BCUT2D eigenvalue weighted by Gasteiger charge is -1.97. The second-order valence-corrected chi connectivity index (χ2v) is 3.41. The number of hydrogen-bond donors (Lipinski definition) is 0. The molecule has 11 heavy (non-hydrogen) atoms. The van der Waals surface area contributed by atoms with Crippen molar-refractivity contribution in [3.8, 4) is 0 Å². The number of nitrogens with zero attached hydrogens (tertiary/aromatic N) is 1. The first-order valence-corrected chi connectivity index (χ1v) is 4.92. The predicted octanol–water partition coefficient (Wildman–Crippen LogP) is 2.72. The van der Waals surface area contributed by atoms with E-state index in [1.54, 1.807) is 0 Å². The lowest BCUT2D eigenvalue weighted by molar-refractivity contribution is 0.894. The maximum absolute atomic E-state index is 4.29. The van der Waals surface area contributed by atoms with E-state index in [0.29, 0.717) is 0 Å². The number of halogens is 1. The van der Waals surface area contributed by atoms with Crippen LogP contribution in [-0.4, -0.2) is 10.3 Å². The molecule has 1 nitrogen and oxygen atoms in total. The first-order chi connectivity index (χ1) is 5.33. The summed E-state index contributed by atoms with van der Waals surface area (Å²) in [6.45, 7) is 2.06. The summed E-state index contributed by atoms with van der Waals surface area (Å²) < 4.78 is 0. The molecule has 0 aliphatic rings. The molecule has 0 N–H and O–H groups in total. The third kappa shape index (κ3) is 3.02. The summed E-state index contributed by atoms with van der Waals surface area (Å²) in [6, 6.07) is 4.20. The van der Waals surface area contributed by atoms with Crippen LogP contribution in [0, 0.1) is 6.92 Å². The van der Waals surface area contributed by atoms with Gasteiger partial charge in [-0.1, -0.05) is 22.0 Å². The van der Waals surface area contributed by atoms with Crippen LogP contribution in [-0.2, 0) is 6.42 Å². The Bertz CT molecular complexity index is 205. The lowest BCUT2D eigenvalue weighted by Crippen LogP contribution is -1.90. The minimum absolute atomic E-state index is 1.06. The fourth-order valence-electron chi connectivity index (χ4n) is 0.894. The van der Waals surface area contributed by atoms with Crippen molar-refractivity contribution >= 4 is 15.9 Å². The van der Waals surface area contributed by atoms with Gasteiger partial charge in [0.15, 0.2) is 0 Å². The zero-order valence-electron chi connectivity index (χ0n) is 6.68. The summed E-state index contributed by atoms with van der Waals surface area (Å²) in [5.74, 6) is 0. The van der Waals surface area contributed by atoms with Gasteiger partial charge in [0, 0.05) is 17.2 Å². The smallest absolute Gasteiger partial charge is 0.0404 e. The standard InChI is InChI=1S/C9H12BrN/c1-8-4-5-9(11-7-8)3-2-6-10/h4-5,7H,2-3,6H2,1H3. The van der Waals surface area contributed by atoms with Crippen molar-refractivity contribution in [2.24, 2.45) is 0 Å². The molecule has 2 heteroatoms. The first-order valence-electron chi connectivity index (χ1n) is 3.80. The third-order valence-corrected chi connectivity index (χ3v) is 2.10. The normalized spacial score (nSPS) is 10.0. The van der Waals surface area contributed by atoms with Gasteiger partial charge in [0.2, 0.25) is 0 Å². The third-order valence-electron chi connectivity index (χ3n) is 1.54. The Morgan fingerprint density at radius 3 is 2.82 bits per heavy atom. The van der Waals surface area contributed by atoms with Gasteiger partial charge in [0.25, 0.3) is 0 Å². The monoisotopic (exact) mass is 213 g/mol. The van der Waals surface area contributed by atoms with E-state index in [1.807, 2.05) is 6.20 Å². The Morgan fingerprint density at radius 1 is 1.45 bits per heavy atom. The van der Waals surface area contributed by atoms with Crippen molar-refractivity contribution in [3.05, 3.63) is 29.6 Å². The number of rotatable bonds is 3. The van der Waals surface area contributed by atoms with Crippen LogP contribution in [0.3, 0.4) is 0 Å². The summed E-state index contributed by atoms with van der Waals surface area (Å²) in [6.07, 6.45) is 4.16. The van der Waals surface area contributed by atoms with Crippen molar-refractivity contribution in [3.63, 3.8) is 0 Å². The molecule has 0 amide bonds. The Morgan fingerprint density at radius 2 is 2.27 bits per heavy atom. The molecule has 1 aromatic heterocycles. The zero-order chi connectivity index (χ0) is 8.10. The van der Waals surface area contributed by atoms with E-state index in [4.69, 9.17) is 0 Å². The first kappa shape index (κ1) is 8.72. The molecule has 1 heterocycles. The quantitative estimate of drug-likeness (QED) is 0.705. The van der Waals surface area contributed by atoms with Gasteiger partial charge in [-0.15, -0.1) is 0 Å². The molecule has 0 saturated heterocycles. The van der Waals surface area contributed by atoms with E-state index in [1.165, 1.54) is 11.3 Å². The molecule has 0 unspecified atom stereocenters. The fourth-order valence-corrected chi connectivity index (χ4v) is 1.17. The van der Waals surface area contributed by atoms with Crippen LogP contribution in [0.2, 0.25) is 0 Å². The van der Waals surface area contributed by atoms with Crippen LogP contribution < -0.4 is 0 Å². The van der Waals surface area contributed by atoms with Crippen LogP contribution in [0.5, 0.6) is 0 Å². The van der Waals surface area contributed by atoms with Gasteiger partial charge in [0.1, 0.15) is 0 Å². The van der Waals surface area contributed by atoms with E-state index in [9.17, 15) is 0 Å². The number of aryl methyl sites for hydroxylation is 2. The molecule has 0 aliphatic heterocycles. The van der Waals surface area contributed by atoms with E-state index in [0.717, 1.165) is 18.2 Å². The summed E-state index contributed by atoms with van der Waals surface area (Å²) in [5.41, 5.74) is 2.42. The average molecular weight is 214 g/mol. The minimum Gasteiger partial charge on any atom is -0.261 e. The van der Waals surface area contributed by atoms with Crippen molar-refractivity contribution in [1.82, 2.24) is 4.98 Å². The molecule has 0 radical (unpaired) electrons. The predicted molar refractivity (Wildman–Crippen MR) is 51.1 cm³/mol. The van der Waals surface area contributed by atoms with Crippen molar-refractivity contribution in [2.45, 2.75) is 19.8 Å². The molecule has 0 atom stereocenters. The number of aromatic nitrogens is 1. The van der Waals surface area contributed by atoms with E-state index < -0.39 is 0 Å². The molecule has 0 saturated carbocycles. The van der Waals surface area contributed by atoms with Crippen molar-refractivity contribution in [2.75, 3.05) is 5.33 Å². The molecular weight excluding hydrogens is 202 g/mol. The van der Waals surface area contributed by atoms with E-state index in [2.05, 4.69) is 40.0 Å². The summed E-state index contributed by atoms with van der Waals surface area (Å²) in [5, 5.41) is 1.06. The molecule has 1 aromatic rings. The largest absolute Gasteiger partial charge is 0.261 e. The average Bonchev–Trinajstić information content (AvgIpc) is 2.04. The molecular formula is C9H12BrN. The molecule has 0 aromatic carbocycles. The molecule has 60 valence electrons. The maximum atomic E-state index is 4.29. The van der Waals surface area contributed by atoms with Gasteiger partial charge >= 0.3 is 0 Å². The van der Waals surface area contributed by atoms with E-state index in [-0.39, 0.29) is 0 Å². The Labute approximate surface area is 76.0 Å². The van der Waals surface area contributed by atoms with Gasteiger partial charge in [0.05, 0.1) is 0 Å². The zero-order valence-corrected chi connectivity index (χ0v) is 8.26.